The predicted octanol–water partition coefficient (Wildman–Crippen LogP) is 4.37. The van der Waals surface area contributed by atoms with E-state index in [1.165, 1.54) is 6.07 Å². The van der Waals surface area contributed by atoms with Gasteiger partial charge in [-0.3, -0.25) is 4.79 Å². The van der Waals surface area contributed by atoms with Gasteiger partial charge in [-0.05, 0) is 48.5 Å². The van der Waals surface area contributed by atoms with Crippen LogP contribution in [0.25, 0.3) is 28.7 Å². The first-order valence-electron chi connectivity index (χ1n) is 7.56. The van der Waals surface area contributed by atoms with Gasteiger partial charge in [0, 0.05) is 27.3 Å². The van der Waals surface area contributed by atoms with Gasteiger partial charge in [0.2, 0.25) is 11.3 Å². The van der Waals surface area contributed by atoms with Crippen LogP contribution in [0.1, 0.15) is 0 Å². The first kappa shape index (κ1) is 16.7. The van der Waals surface area contributed by atoms with E-state index in [9.17, 15) is 4.79 Å². The highest BCUT2D eigenvalue weighted by atomic mass is 79.9. The van der Waals surface area contributed by atoms with Crippen LogP contribution in [-0.2, 0) is 0 Å². The van der Waals surface area contributed by atoms with Crippen molar-refractivity contribution in [3.8, 4) is 28.7 Å². The monoisotopic (exact) mass is 428 g/mol. The van der Waals surface area contributed by atoms with Crippen LogP contribution >= 0.6 is 27.5 Å². The van der Waals surface area contributed by atoms with E-state index in [4.69, 9.17) is 16.1 Å². The largest absolute Gasteiger partial charge is 0.332 e. The molecule has 0 atom stereocenters. The standard InChI is InChI=1S/C18H10BrClN4O2/c19-12-3-1-11(2-4-12)17-21-18(26-23-17)16-15(25)9-10-24(22-16)14-7-5-13(20)6-8-14/h1-10H. The maximum Gasteiger partial charge on any atom is 0.282 e. The van der Waals surface area contributed by atoms with Crippen molar-refractivity contribution >= 4 is 27.5 Å². The number of rotatable bonds is 3. The molecule has 0 saturated carbocycles. The summed E-state index contributed by atoms with van der Waals surface area (Å²) < 4.78 is 7.75. The van der Waals surface area contributed by atoms with E-state index >= 15 is 0 Å². The summed E-state index contributed by atoms with van der Waals surface area (Å²) in [5, 5.41) is 8.88. The summed E-state index contributed by atoms with van der Waals surface area (Å²) in [5.41, 5.74) is 1.31. The quantitative estimate of drug-likeness (QED) is 0.483. The van der Waals surface area contributed by atoms with Crippen molar-refractivity contribution in [2.45, 2.75) is 0 Å². The molecule has 0 radical (unpaired) electrons. The Morgan fingerprint density at radius 3 is 2.46 bits per heavy atom. The van der Waals surface area contributed by atoms with Crippen molar-refractivity contribution < 1.29 is 4.52 Å². The number of aromatic nitrogens is 4. The van der Waals surface area contributed by atoms with Crippen LogP contribution in [0.3, 0.4) is 0 Å². The molecule has 4 aromatic rings. The number of halogens is 2. The zero-order valence-corrected chi connectivity index (χ0v) is 15.5. The van der Waals surface area contributed by atoms with Gasteiger partial charge in [-0.2, -0.15) is 10.1 Å². The van der Waals surface area contributed by atoms with Crippen LogP contribution in [0, 0.1) is 0 Å². The van der Waals surface area contributed by atoms with Crippen LogP contribution in [0.4, 0.5) is 0 Å². The fraction of sp³-hybridized carbons (Fsp3) is 0. The molecule has 0 saturated heterocycles. The van der Waals surface area contributed by atoms with Gasteiger partial charge >= 0.3 is 0 Å². The van der Waals surface area contributed by atoms with Crippen LogP contribution in [0.2, 0.25) is 5.02 Å². The van der Waals surface area contributed by atoms with Gasteiger partial charge in [-0.1, -0.05) is 32.7 Å². The molecule has 0 aliphatic heterocycles. The van der Waals surface area contributed by atoms with E-state index in [2.05, 4.69) is 31.2 Å². The molecule has 0 unspecified atom stereocenters. The number of hydrogen-bond donors (Lipinski definition) is 0. The Labute approximate surface area is 161 Å². The number of hydrogen-bond acceptors (Lipinski definition) is 5. The van der Waals surface area contributed by atoms with Crippen LogP contribution in [0.5, 0.6) is 0 Å². The van der Waals surface area contributed by atoms with Gasteiger partial charge in [-0.25, -0.2) is 4.68 Å². The predicted molar refractivity (Wildman–Crippen MR) is 101 cm³/mol. The Morgan fingerprint density at radius 2 is 1.73 bits per heavy atom. The van der Waals surface area contributed by atoms with Crippen LogP contribution in [-0.4, -0.2) is 19.9 Å². The van der Waals surface area contributed by atoms with Gasteiger partial charge in [0.1, 0.15) is 0 Å². The SMILES string of the molecule is O=c1ccn(-c2ccc(Cl)cc2)nc1-c1nc(-c2ccc(Br)cc2)no1. The Bertz CT molecular complexity index is 1120. The molecule has 26 heavy (non-hydrogen) atoms. The summed E-state index contributed by atoms with van der Waals surface area (Å²) in [7, 11) is 0. The molecule has 4 rings (SSSR count). The highest BCUT2D eigenvalue weighted by Gasteiger charge is 2.16. The second-order valence-corrected chi connectivity index (χ2v) is 6.73. The zero-order chi connectivity index (χ0) is 18.1. The molecule has 2 aromatic carbocycles. The molecular formula is C18H10BrClN4O2. The Kier molecular flexibility index (Phi) is 4.40. The highest BCUT2D eigenvalue weighted by Crippen LogP contribution is 2.21. The summed E-state index contributed by atoms with van der Waals surface area (Å²) in [6.45, 7) is 0. The fourth-order valence-electron chi connectivity index (χ4n) is 2.33. The average molecular weight is 430 g/mol. The van der Waals surface area contributed by atoms with Crippen LogP contribution < -0.4 is 5.43 Å². The third kappa shape index (κ3) is 3.31. The summed E-state index contributed by atoms with van der Waals surface area (Å²) in [4.78, 5) is 16.5. The van der Waals surface area contributed by atoms with Crippen molar-refractivity contribution in [1.29, 1.82) is 0 Å². The molecule has 6 nitrogen and oxygen atoms in total. The lowest BCUT2D eigenvalue weighted by Crippen LogP contribution is -2.12. The maximum atomic E-state index is 12.2. The summed E-state index contributed by atoms with van der Waals surface area (Å²) in [6.07, 6.45) is 1.57. The second-order valence-electron chi connectivity index (χ2n) is 5.38. The molecule has 128 valence electrons. The lowest BCUT2D eigenvalue weighted by Gasteiger charge is -2.05. The van der Waals surface area contributed by atoms with Gasteiger partial charge in [-0.15, -0.1) is 0 Å². The first-order chi connectivity index (χ1) is 12.6. The zero-order valence-electron chi connectivity index (χ0n) is 13.1. The second kappa shape index (κ2) is 6.86. The maximum absolute atomic E-state index is 12.2. The van der Waals surface area contributed by atoms with E-state index in [1.54, 1.807) is 35.1 Å². The van der Waals surface area contributed by atoms with E-state index in [-0.39, 0.29) is 17.0 Å². The summed E-state index contributed by atoms with van der Waals surface area (Å²) in [6, 6.07) is 15.9. The minimum absolute atomic E-state index is 0.0660. The number of benzene rings is 2. The van der Waals surface area contributed by atoms with Crippen molar-refractivity contribution in [2.24, 2.45) is 0 Å². The average Bonchev–Trinajstić information content (AvgIpc) is 3.13. The molecule has 8 heteroatoms. The van der Waals surface area contributed by atoms with E-state index < -0.39 is 0 Å². The highest BCUT2D eigenvalue weighted by molar-refractivity contribution is 9.10. The van der Waals surface area contributed by atoms with Gasteiger partial charge in [0.05, 0.1) is 5.69 Å². The molecule has 0 bridgehead atoms. The van der Waals surface area contributed by atoms with Crippen molar-refractivity contribution in [1.82, 2.24) is 19.9 Å². The smallest absolute Gasteiger partial charge is 0.282 e. The van der Waals surface area contributed by atoms with E-state index in [0.717, 1.165) is 15.7 Å². The Balaban J connectivity index is 1.74. The van der Waals surface area contributed by atoms with E-state index in [1.807, 2.05) is 24.3 Å². The molecule has 0 spiro atoms. The minimum atomic E-state index is -0.304. The molecule has 0 aliphatic carbocycles. The summed E-state index contributed by atoms with van der Waals surface area (Å²) >= 11 is 9.28. The summed E-state index contributed by atoms with van der Waals surface area (Å²) in [5.74, 6) is 0.451. The minimum Gasteiger partial charge on any atom is -0.332 e. The van der Waals surface area contributed by atoms with Gasteiger partial charge < -0.3 is 4.52 Å². The first-order valence-corrected chi connectivity index (χ1v) is 8.73. The fourth-order valence-corrected chi connectivity index (χ4v) is 2.72. The van der Waals surface area contributed by atoms with Crippen molar-refractivity contribution in [3.05, 3.63) is 80.5 Å². The van der Waals surface area contributed by atoms with Crippen molar-refractivity contribution in [2.75, 3.05) is 0 Å². The molecule has 0 fully saturated rings. The molecular weight excluding hydrogens is 420 g/mol. The van der Waals surface area contributed by atoms with Crippen molar-refractivity contribution in [3.63, 3.8) is 0 Å². The van der Waals surface area contributed by atoms with Gasteiger partial charge in [0.25, 0.3) is 5.89 Å². The van der Waals surface area contributed by atoms with Gasteiger partial charge in [0.15, 0.2) is 5.69 Å². The third-order valence-electron chi connectivity index (χ3n) is 3.63. The van der Waals surface area contributed by atoms with Crippen LogP contribution in [0.15, 0.2) is 74.6 Å². The molecule has 0 aliphatic rings. The lowest BCUT2D eigenvalue weighted by molar-refractivity contribution is 0.429. The molecule has 2 heterocycles. The normalized spacial score (nSPS) is 10.8. The lowest BCUT2D eigenvalue weighted by atomic mass is 10.2. The molecule has 2 aromatic heterocycles. The molecule has 0 amide bonds. The third-order valence-corrected chi connectivity index (χ3v) is 4.41. The number of nitrogens with zero attached hydrogens (tertiary/aromatic N) is 4. The molecule has 0 N–H and O–H groups in total. The topological polar surface area (TPSA) is 73.8 Å². The Morgan fingerprint density at radius 1 is 1.00 bits per heavy atom. The van der Waals surface area contributed by atoms with E-state index in [0.29, 0.717) is 10.8 Å². The Hall–Kier alpha value is -2.77.